The largest absolute Gasteiger partial charge is 0.466 e. The van der Waals surface area contributed by atoms with Crippen LogP contribution in [0.1, 0.15) is 18.9 Å². The number of hydrogen-bond donors (Lipinski definition) is 2. The highest BCUT2D eigenvalue weighted by Crippen LogP contribution is 2.24. The molecule has 1 aliphatic heterocycles. The molecule has 8 nitrogen and oxygen atoms in total. The van der Waals surface area contributed by atoms with Crippen molar-refractivity contribution in [2.75, 3.05) is 19.7 Å². The summed E-state index contributed by atoms with van der Waals surface area (Å²) < 4.78 is 6.83. The summed E-state index contributed by atoms with van der Waals surface area (Å²) in [6, 6.07) is 7.17. The molecule has 2 amide bonds. The van der Waals surface area contributed by atoms with Crippen LogP contribution >= 0.6 is 0 Å². The summed E-state index contributed by atoms with van der Waals surface area (Å²) in [5.41, 5.74) is 7.25. The maximum atomic E-state index is 12.3. The van der Waals surface area contributed by atoms with Crippen LogP contribution < -0.4 is 11.1 Å². The monoisotopic (exact) mass is 372 g/mol. The summed E-state index contributed by atoms with van der Waals surface area (Å²) in [5.74, 6) is -0.976. The van der Waals surface area contributed by atoms with Crippen LogP contribution in [0, 0.1) is 0 Å². The number of para-hydroxylation sites is 1. The van der Waals surface area contributed by atoms with Crippen molar-refractivity contribution in [3.8, 4) is 0 Å². The van der Waals surface area contributed by atoms with Crippen molar-refractivity contribution in [2.24, 2.45) is 5.73 Å². The molecule has 1 atom stereocenters. The second-order valence-electron chi connectivity index (χ2n) is 6.55. The second-order valence-corrected chi connectivity index (χ2v) is 6.55. The van der Waals surface area contributed by atoms with E-state index in [4.69, 9.17) is 10.5 Å². The Morgan fingerprint density at radius 1 is 1.33 bits per heavy atom. The van der Waals surface area contributed by atoms with Crippen LogP contribution in [0.25, 0.3) is 10.9 Å². The minimum atomic E-state index is -0.573. The number of nitrogens with two attached hydrogens (primary N) is 1. The van der Waals surface area contributed by atoms with Gasteiger partial charge in [0.15, 0.2) is 0 Å². The zero-order valence-electron chi connectivity index (χ0n) is 15.3. The minimum Gasteiger partial charge on any atom is -0.466 e. The van der Waals surface area contributed by atoms with Gasteiger partial charge in [-0.1, -0.05) is 18.2 Å². The van der Waals surface area contributed by atoms with Gasteiger partial charge in [0.2, 0.25) is 11.8 Å². The Hall–Kier alpha value is -2.87. The van der Waals surface area contributed by atoms with E-state index in [1.54, 1.807) is 6.92 Å². The number of hydrogen-bond acceptors (Lipinski definition) is 5. The zero-order valence-corrected chi connectivity index (χ0v) is 15.3. The number of benzene rings is 1. The number of primary amides is 1. The van der Waals surface area contributed by atoms with Crippen LogP contribution in [-0.4, -0.2) is 53.0 Å². The van der Waals surface area contributed by atoms with Crippen LogP contribution in [-0.2, 0) is 32.2 Å². The predicted molar refractivity (Wildman–Crippen MR) is 99.6 cm³/mol. The average Bonchev–Trinajstić information content (AvgIpc) is 2.95. The number of nitrogens with zero attached hydrogens (tertiary/aromatic N) is 2. The molecule has 3 rings (SSSR count). The van der Waals surface area contributed by atoms with Gasteiger partial charge in [-0.25, -0.2) is 0 Å². The van der Waals surface area contributed by atoms with Gasteiger partial charge in [0.05, 0.1) is 13.0 Å². The van der Waals surface area contributed by atoms with Gasteiger partial charge in [0, 0.05) is 36.7 Å². The van der Waals surface area contributed by atoms with E-state index in [0.717, 1.165) is 16.5 Å². The first-order valence-electron chi connectivity index (χ1n) is 9.02. The molecular formula is C19H24N4O4. The van der Waals surface area contributed by atoms with Crippen molar-refractivity contribution in [3.05, 3.63) is 36.0 Å². The quantitative estimate of drug-likeness (QED) is 0.684. The van der Waals surface area contributed by atoms with Crippen LogP contribution in [0.15, 0.2) is 30.5 Å². The maximum Gasteiger partial charge on any atom is 0.307 e. The van der Waals surface area contributed by atoms with Crippen molar-refractivity contribution >= 4 is 28.7 Å². The Morgan fingerprint density at radius 3 is 2.85 bits per heavy atom. The van der Waals surface area contributed by atoms with E-state index >= 15 is 0 Å². The van der Waals surface area contributed by atoms with Gasteiger partial charge in [-0.05, 0) is 18.6 Å². The molecule has 0 unspecified atom stereocenters. The van der Waals surface area contributed by atoms with Crippen LogP contribution in [0.4, 0.5) is 0 Å². The minimum absolute atomic E-state index is 0.0135. The number of fused-ring (bicyclic) bond motifs is 1. The number of piperazine rings is 1. The summed E-state index contributed by atoms with van der Waals surface area (Å²) in [5, 5.41) is 3.81. The van der Waals surface area contributed by atoms with Gasteiger partial charge in [-0.15, -0.1) is 0 Å². The molecular weight excluding hydrogens is 348 g/mol. The first kappa shape index (κ1) is 18.9. The van der Waals surface area contributed by atoms with Crippen molar-refractivity contribution < 1.29 is 19.1 Å². The first-order valence-corrected chi connectivity index (χ1v) is 9.02. The number of carbonyl (C=O) groups is 3. The molecule has 3 N–H and O–H groups in total. The predicted octanol–water partition coefficient (Wildman–Crippen LogP) is 0.380. The fraction of sp³-hybridized carbons (Fsp3) is 0.421. The molecule has 1 aromatic heterocycles. The smallest absolute Gasteiger partial charge is 0.307 e. The molecule has 8 heteroatoms. The fourth-order valence-corrected chi connectivity index (χ4v) is 3.52. The van der Waals surface area contributed by atoms with Crippen molar-refractivity contribution in [1.82, 2.24) is 14.8 Å². The van der Waals surface area contributed by atoms with Crippen molar-refractivity contribution in [1.29, 1.82) is 0 Å². The molecule has 1 saturated heterocycles. The molecule has 0 spiro atoms. The molecule has 2 aromatic rings. The second kappa shape index (κ2) is 8.22. The van der Waals surface area contributed by atoms with Gasteiger partial charge in [0.25, 0.3) is 0 Å². The third-order valence-electron chi connectivity index (χ3n) is 4.68. The van der Waals surface area contributed by atoms with Gasteiger partial charge >= 0.3 is 5.97 Å². The van der Waals surface area contributed by atoms with Crippen LogP contribution in [0.5, 0.6) is 0 Å². The Bertz CT molecular complexity index is 861. The number of amides is 2. The number of aromatic nitrogens is 1. The molecule has 0 aliphatic carbocycles. The highest BCUT2D eigenvalue weighted by molar-refractivity contribution is 5.88. The summed E-state index contributed by atoms with van der Waals surface area (Å²) in [6.07, 6.45) is 1.91. The van der Waals surface area contributed by atoms with E-state index in [9.17, 15) is 14.4 Å². The zero-order chi connectivity index (χ0) is 19.4. The Labute approximate surface area is 157 Å². The number of rotatable bonds is 7. The topological polar surface area (TPSA) is 107 Å². The lowest BCUT2D eigenvalue weighted by molar-refractivity contribution is -0.148. The molecule has 0 bridgehead atoms. The van der Waals surface area contributed by atoms with Gasteiger partial charge in [0.1, 0.15) is 12.6 Å². The van der Waals surface area contributed by atoms with Crippen molar-refractivity contribution in [2.45, 2.75) is 32.5 Å². The summed E-state index contributed by atoms with van der Waals surface area (Å²) >= 11 is 0. The third kappa shape index (κ3) is 4.28. The third-order valence-corrected chi connectivity index (χ3v) is 4.68. The summed E-state index contributed by atoms with van der Waals surface area (Å²) in [6.45, 7) is 3.76. The SMILES string of the molecule is CCOC(=O)C[C@H]1C(=O)NCCN1Cc1cn(CC(N)=O)c2ccccc12. The number of carbonyl (C=O) groups excluding carboxylic acids is 3. The van der Waals surface area contributed by atoms with E-state index in [1.807, 2.05) is 39.9 Å². The number of ether oxygens (including phenoxy) is 1. The Balaban J connectivity index is 1.87. The molecule has 1 aliphatic rings. The van der Waals surface area contributed by atoms with E-state index < -0.39 is 11.9 Å². The average molecular weight is 372 g/mol. The summed E-state index contributed by atoms with van der Waals surface area (Å²) in [7, 11) is 0. The van der Waals surface area contributed by atoms with Crippen LogP contribution in [0.2, 0.25) is 0 Å². The molecule has 1 aromatic carbocycles. The number of esters is 1. The highest BCUT2D eigenvalue weighted by atomic mass is 16.5. The lowest BCUT2D eigenvalue weighted by Crippen LogP contribution is -2.55. The fourth-order valence-electron chi connectivity index (χ4n) is 3.52. The lowest BCUT2D eigenvalue weighted by atomic mass is 10.1. The van der Waals surface area contributed by atoms with Gasteiger partial charge in [-0.2, -0.15) is 0 Å². The van der Waals surface area contributed by atoms with Crippen molar-refractivity contribution in [3.63, 3.8) is 0 Å². The molecule has 2 heterocycles. The molecule has 0 saturated carbocycles. The van der Waals surface area contributed by atoms with Gasteiger partial charge in [-0.3, -0.25) is 19.3 Å². The van der Waals surface area contributed by atoms with E-state index in [0.29, 0.717) is 19.6 Å². The highest BCUT2D eigenvalue weighted by Gasteiger charge is 2.32. The molecule has 0 radical (unpaired) electrons. The standard InChI is InChI=1S/C19H24N4O4/c1-2-27-18(25)9-16-19(26)21-7-8-22(16)10-13-11-23(12-17(20)24)15-6-4-3-5-14(13)15/h3-6,11,16H,2,7-10,12H2,1H3,(H2,20,24)(H,21,26)/t16-/m0/s1. The van der Waals surface area contributed by atoms with E-state index in [-0.39, 0.29) is 31.4 Å². The van der Waals surface area contributed by atoms with E-state index in [1.165, 1.54) is 0 Å². The van der Waals surface area contributed by atoms with Gasteiger partial charge < -0.3 is 20.4 Å². The van der Waals surface area contributed by atoms with E-state index in [2.05, 4.69) is 5.32 Å². The summed E-state index contributed by atoms with van der Waals surface area (Å²) in [4.78, 5) is 37.6. The molecule has 27 heavy (non-hydrogen) atoms. The Morgan fingerprint density at radius 2 is 2.11 bits per heavy atom. The maximum absolute atomic E-state index is 12.3. The molecule has 144 valence electrons. The van der Waals surface area contributed by atoms with Crippen LogP contribution in [0.3, 0.4) is 0 Å². The Kier molecular flexibility index (Phi) is 5.75. The molecule has 1 fully saturated rings. The number of nitrogens with one attached hydrogen (secondary N) is 1. The lowest BCUT2D eigenvalue weighted by Gasteiger charge is -2.34. The normalized spacial score (nSPS) is 17.7. The first-order chi connectivity index (χ1) is 13.0.